The minimum Gasteiger partial charge on any atom is -0.508 e. The predicted molar refractivity (Wildman–Crippen MR) is 109 cm³/mol. The van der Waals surface area contributed by atoms with Crippen LogP contribution in [-0.2, 0) is 14.8 Å². The van der Waals surface area contributed by atoms with Gasteiger partial charge in [0.25, 0.3) is 10.0 Å². The second kappa shape index (κ2) is 6.81. The van der Waals surface area contributed by atoms with Crippen molar-refractivity contribution >= 4 is 33.2 Å². The number of phenols is 1. The fourth-order valence-corrected chi connectivity index (χ4v) is 5.90. The summed E-state index contributed by atoms with van der Waals surface area (Å²) >= 11 is 0. The Balaban J connectivity index is 1.39. The van der Waals surface area contributed by atoms with Gasteiger partial charge in [-0.1, -0.05) is 18.2 Å². The number of hydrogen-bond donors (Lipinski definition) is 2. The molecule has 0 unspecified atom stereocenters. The topological polar surface area (TPSA) is 107 Å². The smallest absolute Gasteiger partial charge is 0.336 e. The number of urea groups is 1. The molecule has 2 aromatic carbocycles. The summed E-state index contributed by atoms with van der Waals surface area (Å²) in [7, 11) is -4.37. The highest BCUT2D eigenvalue weighted by Gasteiger charge is 2.44. The summed E-state index contributed by atoms with van der Waals surface area (Å²) in [5, 5.41) is 11.9. The summed E-state index contributed by atoms with van der Waals surface area (Å²) in [4.78, 5) is 26.7. The molecule has 0 aromatic heterocycles. The average molecular weight is 443 g/mol. The monoisotopic (exact) mass is 443 g/mol. The number of amides is 3. The molecule has 2 bridgehead atoms. The third-order valence-corrected chi connectivity index (χ3v) is 7.66. The van der Waals surface area contributed by atoms with Crippen LogP contribution in [0.3, 0.4) is 0 Å². The molecule has 8 nitrogen and oxygen atoms in total. The summed E-state index contributed by atoms with van der Waals surface area (Å²) in [5.41, 5.74) is 1.78. The van der Waals surface area contributed by atoms with Crippen molar-refractivity contribution < 1.29 is 27.5 Å². The second-order valence-corrected chi connectivity index (χ2v) is 9.64. The zero-order valence-electron chi connectivity index (χ0n) is 16.2. The van der Waals surface area contributed by atoms with E-state index in [0.29, 0.717) is 10.8 Å². The number of aromatic hydroxyl groups is 1. The molecule has 5 rings (SSSR count). The number of nitrogens with one attached hydrogen (secondary N) is 1. The number of rotatable bonds is 3. The van der Waals surface area contributed by atoms with Crippen molar-refractivity contribution in [3.8, 4) is 5.75 Å². The Kier molecular flexibility index (Phi) is 4.30. The van der Waals surface area contributed by atoms with E-state index in [9.17, 15) is 27.5 Å². The van der Waals surface area contributed by atoms with Gasteiger partial charge in [0.15, 0.2) is 0 Å². The molecular weight excluding hydrogens is 425 g/mol. The molecule has 2 N–H and O–H groups in total. The summed E-state index contributed by atoms with van der Waals surface area (Å²) < 4.78 is 39.8. The molecule has 0 radical (unpaired) electrons. The highest BCUT2D eigenvalue weighted by atomic mass is 32.2. The predicted octanol–water partition coefficient (Wildman–Crippen LogP) is 2.38. The number of phenolic OH excluding ortho intramolecular Hbond substituents is 1. The number of hydrogen-bond acceptors (Lipinski definition) is 5. The van der Waals surface area contributed by atoms with Gasteiger partial charge in [0.1, 0.15) is 23.0 Å². The van der Waals surface area contributed by atoms with Crippen molar-refractivity contribution in [1.29, 1.82) is 0 Å². The number of sulfonamides is 1. The van der Waals surface area contributed by atoms with Gasteiger partial charge in [-0.25, -0.2) is 21.9 Å². The Morgan fingerprint density at radius 3 is 2.65 bits per heavy atom. The van der Waals surface area contributed by atoms with Gasteiger partial charge in [-0.15, -0.1) is 0 Å². The van der Waals surface area contributed by atoms with Crippen LogP contribution in [0.15, 0.2) is 53.4 Å². The largest absolute Gasteiger partial charge is 0.508 e. The third-order valence-electron chi connectivity index (χ3n) is 5.89. The molecular formula is C21H18FN3O5S. The number of fused-ring (bicyclic) bond motifs is 3. The molecule has 0 saturated carbocycles. The molecule has 10 heteroatoms. The van der Waals surface area contributed by atoms with Crippen LogP contribution < -0.4 is 5.32 Å². The zero-order valence-corrected chi connectivity index (χ0v) is 17.0. The molecule has 1 saturated heterocycles. The second-order valence-electron chi connectivity index (χ2n) is 7.81. The van der Waals surface area contributed by atoms with Gasteiger partial charge < -0.3 is 15.3 Å². The lowest BCUT2D eigenvalue weighted by Crippen LogP contribution is -2.50. The van der Waals surface area contributed by atoms with Gasteiger partial charge in [-0.2, -0.15) is 0 Å². The molecule has 160 valence electrons. The van der Waals surface area contributed by atoms with Crippen LogP contribution in [0.25, 0.3) is 5.57 Å². The summed E-state index contributed by atoms with van der Waals surface area (Å²) in [6.07, 6.45) is 2.80. The molecule has 1 aliphatic carbocycles. The van der Waals surface area contributed by atoms with E-state index < -0.39 is 34.3 Å². The van der Waals surface area contributed by atoms with Crippen molar-refractivity contribution in [2.75, 3.05) is 18.4 Å². The summed E-state index contributed by atoms with van der Waals surface area (Å²) in [6, 6.07) is 8.52. The van der Waals surface area contributed by atoms with Crippen molar-refractivity contribution in [3.63, 3.8) is 0 Å². The first kappa shape index (κ1) is 19.6. The molecule has 2 aliphatic heterocycles. The van der Waals surface area contributed by atoms with Crippen LogP contribution in [0.4, 0.5) is 14.9 Å². The molecule has 31 heavy (non-hydrogen) atoms. The summed E-state index contributed by atoms with van der Waals surface area (Å²) in [5.74, 6) is -0.987. The molecule has 3 aliphatic rings. The van der Waals surface area contributed by atoms with Crippen LogP contribution >= 0.6 is 0 Å². The number of carbonyl (C=O) groups excluding carboxylic acids is 2. The van der Waals surface area contributed by atoms with Crippen molar-refractivity contribution in [3.05, 3.63) is 59.9 Å². The number of likely N-dealkylation sites (tertiary alicyclic amines) is 1. The Morgan fingerprint density at radius 2 is 1.94 bits per heavy atom. The highest BCUT2D eigenvalue weighted by molar-refractivity contribution is 7.90. The Morgan fingerprint density at radius 1 is 1.19 bits per heavy atom. The molecule has 0 spiro atoms. The normalized spacial score (nSPS) is 23.4. The van der Waals surface area contributed by atoms with Gasteiger partial charge in [0.2, 0.25) is 5.91 Å². The lowest BCUT2D eigenvalue weighted by atomic mass is 10.00. The van der Waals surface area contributed by atoms with Gasteiger partial charge in [-0.3, -0.25) is 4.79 Å². The highest BCUT2D eigenvalue weighted by Crippen LogP contribution is 2.42. The standard InChI is InChI=1S/C21H18FN3O5S/c22-14-3-6-17-19(9-14)31(29,30)25(21(28)23-17)11-20(27)24-10-12-7-16(18(24)8-12)13-1-4-15(26)5-2-13/h1-7,9,12,18,26H,8,10-11H2,(H,23,28)/t12-,18-/m0/s1. The van der Waals surface area contributed by atoms with E-state index in [1.165, 1.54) is 6.07 Å². The number of anilines is 1. The maximum atomic E-state index is 13.6. The van der Waals surface area contributed by atoms with Gasteiger partial charge >= 0.3 is 6.03 Å². The van der Waals surface area contributed by atoms with Crippen LogP contribution in [0.5, 0.6) is 5.75 Å². The van der Waals surface area contributed by atoms with Gasteiger partial charge in [0.05, 0.1) is 11.7 Å². The lowest BCUT2D eigenvalue weighted by Gasteiger charge is -2.33. The molecule has 1 fully saturated rings. The fourth-order valence-electron chi connectivity index (χ4n) is 4.46. The Hall–Kier alpha value is -3.40. The van der Waals surface area contributed by atoms with E-state index in [1.54, 1.807) is 29.2 Å². The SMILES string of the molecule is O=C(CN1C(=O)Nc2ccc(F)cc2S1(=O)=O)N1C[C@H]2C=C(c3ccc(O)cc3)[C@@H]1C2. The fraction of sp³-hybridized carbons (Fsp3) is 0.238. The Labute approximate surface area is 177 Å². The number of nitrogens with zero attached hydrogens (tertiary/aromatic N) is 2. The molecule has 3 amide bonds. The van der Waals surface area contributed by atoms with E-state index in [0.717, 1.165) is 29.7 Å². The van der Waals surface area contributed by atoms with Crippen molar-refractivity contribution in [2.24, 2.45) is 5.92 Å². The first-order valence-electron chi connectivity index (χ1n) is 9.68. The van der Waals surface area contributed by atoms with Crippen LogP contribution in [0, 0.1) is 11.7 Å². The summed E-state index contributed by atoms with van der Waals surface area (Å²) in [6.45, 7) is -0.234. The van der Waals surface area contributed by atoms with Crippen LogP contribution in [0.1, 0.15) is 12.0 Å². The van der Waals surface area contributed by atoms with Crippen molar-refractivity contribution in [2.45, 2.75) is 17.4 Å². The van der Waals surface area contributed by atoms with E-state index in [1.807, 2.05) is 0 Å². The van der Waals surface area contributed by atoms with Gasteiger partial charge in [-0.05, 0) is 53.8 Å². The van der Waals surface area contributed by atoms with Crippen LogP contribution in [-0.4, -0.2) is 53.8 Å². The maximum Gasteiger partial charge on any atom is 0.336 e. The molecule has 2 aromatic rings. The first-order chi connectivity index (χ1) is 14.7. The van der Waals surface area contributed by atoms with E-state index in [-0.39, 0.29) is 28.3 Å². The third kappa shape index (κ3) is 3.14. The Bertz CT molecular complexity index is 1240. The first-order valence-corrected chi connectivity index (χ1v) is 11.1. The zero-order chi connectivity index (χ0) is 21.9. The van der Waals surface area contributed by atoms with E-state index in [2.05, 4.69) is 11.4 Å². The van der Waals surface area contributed by atoms with E-state index in [4.69, 9.17) is 0 Å². The number of benzene rings is 2. The number of halogens is 1. The number of carbonyl (C=O) groups is 2. The molecule has 2 atom stereocenters. The van der Waals surface area contributed by atoms with E-state index >= 15 is 0 Å². The molecule has 2 heterocycles. The quantitative estimate of drug-likeness (QED) is 0.758. The maximum absolute atomic E-state index is 13.6. The minimum absolute atomic E-state index is 0.0205. The average Bonchev–Trinajstić information content (AvgIpc) is 3.33. The minimum atomic E-state index is -4.37. The van der Waals surface area contributed by atoms with Crippen LogP contribution in [0.2, 0.25) is 0 Å². The van der Waals surface area contributed by atoms with Gasteiger partial charge in [0, 0.05) is 6.54 Å². The van der Waals surface area contributed by atoms with Crippen molar-refractivity contribution in [1.82, 2.24) is 9.21 Å². The lowest BCUT2D eigenvalue weighted by molar-refractivity contribution is -0.131.